The molecule has 0 saturated carbocycles. The zero-order valence-electron chi connectivity index (χ0n) is 9.77. The quantitative estimate of drug-likeness (QED) is 0.796. The van der Waals surface area contributed by atoms with Crippen molar-refractivity contribution in [2.24, 2.45) is 0 Å². The molecule has 0 aliphatic rings. The number of aldehydes is 1. The minimum Gasteiger partial charge on any atom is -0.493 e. The molecule has 0 fully saturated rings. The Bertz CT molecular complexity index is 390. The van der Waals surface area contributed by atoms with Gasteiger partial charge in [-0.25, -0.2) is 0 Å². The lowest BCUT2D eigenvalue weighted by Crippen LogP contribution is -2.09. The van der Waals surface area contributed by atoms with E-state index in [0.717, 1.165) is 0 Å². The van der Waals surface area contributed by atoms with Crippen molar-refractivity contribution >= 4 is 17.9 Å². The van der Waals surface area contributed by atoms with Gasteiger partial charge in [-0.15, -0.1) is 0 Å². The fourth-order valence-corrected chi connectivity index (χ4v) is 1.53. The lowest BCUT2D eigenvalue weighted by Gasteiger charge is -2.13. The molecule has 5 heteroatoms. The Balaban J connectivity index is 2.90. The number of benzene rings is 1. The number of ether oxygens (including phenoxy) is 2. The van der Waals surface area contributed by atoms with Crippen molar-refractivity contribution in [3.63, 3.8) is 0 Å². The number of aliphatic hydroxyl groups is 1. The first-order valence-electron chi connectivity index (χ1n) is 5.22. The standard InChI is InChI=1S/C12H15ClO4/c1-8(15)3-4-17-12-9(7-14)5-10(13)6-11(12)16-2/h5-8,15H,3-4H2,1-2H3. The monoisotopic (exact) mass is 258 g/mol. The molecule has 0 spiro atoms. The van der Waals surface area contributed by atoms with Gasteiger partial charge < -0.3 is 14.6 Å². The Morgan fingerprint density at radius 3 is 2.76 bits per heavy atom. The molecule has 0 radical (unpaired) electrons. The number of hydrogen-bond acceptors (Lipinski definition) is 4. The highest BCUT2D eigenvalue weighted by atomic mass is 35.5. The van der Waals surface area contributed by atoms with E-state index in [-0.39, 0.29) is 0 Å². The second kappa shape index (κ2) is 6.47. The number of rotatable bonds is 6. The van der Waals surface area contributed by atoms with Crippen LogP contribution in [0.1, 0.15) is 23.7 Å². The largest absolute Gasteiger partial charge is 0.493 e. The molecule has 0 aliphatic carbocycles. The fraction of sp³-hybridized carbons (Fsp3) is 0.417. The van der Waals surface area contributed by atoms with Crippen LogP contribution in [0.2, 0.25) is 5.02 Å². The Kier molecular flexibility index (Phi) is 5.25. The highest BCUT2D eigenvalue weighted by molar-refractivity contribution is 6.31. The van der Waals surface area contributed by atoms with Gasteiger partial charge in [0.2, 0.25) is 0 Å². The van der Waals surface area contributed by atoms with Crippen LogP contribution in [0.25, 0.3) is 0 Å². The molecule has 1 rings (SSSR count). The second-order valence-electron chi connectivity index (χ2n) is 3.63. The lowest BCUT2D eigenvalue weighted by molar-refractivity contribution is 0.111. The summed E-state index contributed by atoms with van der Waals surface area (Å²) in [4.78, 5) is 10.9. The number of methoxy groups -OCH3 is 1. The molecular weight excluding hydrogens is 244 g/mol. The maximum atomic E-state index is 10.9. The average molecular weight is 259 g/mol. The maximum Gasteiger partial charge on any atom is 0.171 e. The van der Waals surface area contributed by atoms with Crippen LogP contribution in [0.3, 0.4) is 0 Å². The van der Waals surface area contributed by atoms with Gasteiger partial charge in [0.1, 0.15) is 0 Å². The molecule has 0 aromatic heterocycles. The minimum atomic E-state index is -0.451. The first kappa shape index (κ1) is 13.8. The van der Waals surface area contributed by atoms with E-state index in [9.17, 15) is 4.79 Å². The van der Waals surface area contributed by atoms with Gasteiger partial charge >= 0.3 is 0 Å². The van der Waals surface area contributed by atoms with Crippen molar-refractivity contribution in [2.75, 3.05) is 13.7 Å². The first-order chi connectivity index (χ1) is 8.08. The fourth-order valence-electron chi connectivity index (χ4n) is 1.31. The summed E-state index contributed by atoms with van der Waals surface area (Å²) in [6, 6.07) is 3.08. The summed E-state index contributed by atoms with van der Waals surface area (Å²) in [6.07, 6.45) is 0.684. The van der Waals surface area contributed by atoms with Crippen LogP contribution in [0.15, 0.2) is 12.1 Å². The number of halogens is 1. The van der Waals surface area contributed by atoms with E-state index in [1.807, 2.05) is 0 Å². The van der Waals surface area contributed by atoms with Gasteiger partial charge in [-0.05, 0) is 13.0 Å². The predicted molar refractivity (Wildman–Crippen MR) is 65.2 cm³/mol. The Hall–Kier alpha value is -1.26. The first-order valence-corrected chi connectivity index (χ1v) is 5.59. The van der Waals surface area contributed by atoms with Crippen LogP contribution in [-0.4, -0.2) is 31.2 Å². The van der Waals surface area contributed by atoms with Crippen LogP contribution >= 0.6 is 11.6 Å². The lowest BCUT2D eigenvalue weighted by atomic mass is 10.2. The summed E-state index contributed by atoms with van der Waals surface area (Å²) < 4.78 is 10.5. The van der Waals surface area contributed by atoms with E-state index in [0.29, 0.717) is 41.4 Å². The molecule has 1 unspecified atom stereocenters. The number of aliphatic hydroxyl groups excluding tert-OH is 1. The van der Waals surface area contributed by atoms with E-state index < -0.39 is 6.10 Å². The third-order valence-electron chi connectivity index (χ3n) is 2.18. The van der Waals surface area contributed by atoms with Crippen LogP contribution in [0.4, 0.5) is 0 Å². The van der Waals surface area contributed by atoms with Gasteiger partial charge in [0.05, 0.1) is 25.4 Å². The number of carbonyl (C=O) groups is 1. The van der Waals surface area contributed by atoms with Crippen molar-refractivity contribution in [3.8, 4) is 11.5 Å². The number of hydrogen-bond donors (Lipinski definition) is 1. The summed E-state index contributed by atoms with van der Waals surface area (Å²) in [5.41, 5.74) is 0.333. The second-order valence-corrected chi connectivity index (χ2v) is 4.07. The smallest absolute Gasteiger partial charge is 0.171 e. The van der Waals surface area contributed by atoms with Crippen LogP contribution in [0.5, 0.6) is 11.5 Å². The molecule has 0 bridgehead atoms. The molecule has 0 amide bonds. The molecule has 4 nitrogen and oxygen atoms in total. The summed E-state index contributed by atoms with van der Waals surface area (Å²) in [7, 11) is 1.47. The molecule has 1 atom stereocenters. The molecule has 94 valence electrons. The van der Waals surface area contributed by atoms with E-state index in [1.165, 1.54) is 13.2 Å². The van der Waals surface area contributed by atoms with Crippen molar-refractivity contribution in [1.29, 1.82) is 0 Å². The van der Waals surface area contributed by atoms with E-state index in [4.69, 9.17) is 26.2 Å². The highest BCUT2D eigenvalue weighted by Crippen LogP contribution is 2.33. The van der Waals surface area contributed by atoms with Gasteiger partial charge in [-0.2, -0.15) is 0 Å². The molecule has 1 N–H and O–H groups in total. The maximum absolute atomic E-state index is 10.9. The van der Waals surface area contributed by atoms with Crippen LogP contribution in [-0.2, 0) is 0 Å². The van der Waals surface area contributed by atoms with Crippen molar-refractivity contribution in [2.45, 2.75) is 19.4 Å². The summed E-state index contributed by atoms with van der Waals surface area (Å²) in [6.45, 7) is 1.97. The van der Waals surface area contributed by atoms with Crippen molar-refractivity contribution in [1.82, 2.24) is 0 Å². The summed E-state index contributed by atoms with van der Waals surface area (Å²) >= 11 is 5.83. The molecule has 0 heterocycles. The van der Waals surface area contributed by atoms with Crippen molar-refractivity contribution < 1.29 is 19.4 Å². The SMILES string of the molecule is COc1cc(Cl)cc(C=O)c1OCCC(C)O. The Morgan fingerprint density at radius 2 is 2.24 bits per heavy atom. The van der Waals surface area contributed by atoms with Gasteiger partial charge in [0.15, 0.2) is 17.8 Å². The summed E-state index contributed by atoms with van der Waals surface area (Å²) in [5.74, 6) is 0.762. The third-order valence-corrected chi connectivity index (χ3v) is 2.40. The Morgan fingerprint density at radius 1 is 1.53 bits per heavy atom. The van der Waals surface area contributed by atoms with Gasteiger partial charge in [-0.3, -0.25) is 4.79 Å². The average Bonchev–Trinajstić information content (AvgIpc) is 2.29. The molecule has 1 aromatic rings. The normalized spacial score (nSPS) is 12.0. The van der Waals surface area contributed by atoms with E-state index in [2.05, 4.69) is 0 Å². The number of carbonyl (C=O) groups excluding carboxylic acids is 1. The highest BCUT2D eigenvalue weighted by Gasteiger charge is 2.12. The molecule has 1 aromatic carbocycles. The molecule has 0 aliphatic heterocycles. The molecule has 17 heavy (non-hydrogen) atoms. The van der Waals surface area contributed by atoms with Gasteiger partial charge in [0.25, 0.3) is 0 Å². The van der Waals surface area contributed by atoms with Crippen LogP contribution < -0.4 is 9.47 Å². The minimum absolute atomic E-state index is 0.302. The topological polar surface area (TPSA) is 55.8 Å². The molecule has 0 saturated heterocycles. The summed E-state index contributed by atoms with van der Waals surface area (Å²) in [5, 5.41) is 9.53. The van der Waals surface area contributed by atoms with E-state index in [1.54, 1.807) is 13.0 Å². The zero-order valence-corrected chi connectivity index (χ0v) is 10.5. The van der Waals surface area contributed by atoms with Gasteiger partial charge in [-0.1, -0.05) is 11.6 Å². The van der Waals surface area contributed by atoms with Gasteiger partial charge in [0, 0.05) is 17.5 Å². The van der Waals surface area contributed by atoms with Crippen LogP contribution in [0, 0.1) is 0 Å². The van der Waals surface area contributed by atoms with E-state index >= 15 is 0 Å². The zero-order chi connectivity index (χ0) is 12.8. The predicted octanol–water partition coefficient (Wildman–Crippen LogP) is 2.31. The Labute approximate surface area is 105 Å². The third kappa shape index (κ3) is 3.91. The van der Waals surface area contributed by atoms with Crippen molar-refractivity contribution in [3.05, 3.63) is 22.7 Å². The molecular formula is C12H15ClO4.